The Bertz CT molecular complexity index is 722. The Morgan fingerprint density at radius 2 is 1.65 bits per heavy atom. The molecule has 1 fully saturated rings. The summed E-state index contributed by atoms with van der Waals surface area (Å²) in [5.74, 6) is -0.740. The molecule has 0 aromatic heterocycles. The van der Waals surface area contributed by atoms with Crippen LogP contribution in [0.15, 0.2) is 48.5 Å². The van der Waals surface area contributed by atoms with Gasteiger partial charge in [-0.15, -0.1) is 0 Å². The number of likely N-dealkylation sites (tertiary alicyclic amines) is 1. The molecule has 0 aliphatic carbocycles. The second kappa shape index (κ2) is 6.60. The normalized spacial score (nSPS) is 13.9. The first-order chi connectivity index (χ1) is 11.1. The lowest BCUT2D eigenvalue weighted by Crippen LogP contribution is -2.27. The van der Waals surface area contributed by atoms with E-state index < -0.39 is 0 Å². The molecule has 0 unspecified atom stereocenters. The molecular weight excluding hydrogens is 295 g/mol. The van der Waals surface area contributed by atoms with Crippen molar-refractivity contribution in [2.45, 2.75) is 12.8 Å². The van der Waals surface area contributed by atoms with Crippen molar-refractivity contribution in [3.05, 3.63) is 65.5 Å². The van der Waals surface area contributed by atoms with Gasteiger partial charge in [0.15, 0.2) is 0 Å². The van der Waals surface area contributed by atoms with Crippen molar-refractivity contribution in [3.63, 3.8) is 0 Å². The number of carbonyl (C=O) groups is 2. The molecular formula is C18H17FN2O2. The minimum absolute atomic E-state index is 0.0135. The van der Waals surface area contributed by atoms with Crippen molar-refractivity contribution in [2.24, 2.45) is 0 Å². The molecule has 0 spiro atoms. The minimum Gasteiger partial charge on any atom is -0.339 e. The highest BCUT2D eigenvalue weighted by atomic mass is 19.1. The summed E-state index contributed by atoms with van der Waals surface area (Å²) in [5, 5.41) is 2.73. The Kier molecular flexibility index (Phi) is 4.37. The van der Waals surface area contributed by atoms with Gasteiger partial charge in [-0.2, -0.15) is 0 Å². The van der Waals surface area contributed by atoms with Crippen LogP contribution in [0.5, 0.6) is 0 Å². The summed E-state index contributed by atoms with van der Waals surface area (Å²) in [4.78, 5) is 26.3. The first kappa shape index (κ1) is 15.2. The predicted octanol–water partition coefficient (Wildman–Crippen LogP) is 3.31. The van der Waals surface area contributed by atoms with E-state index in [1.807, 2.05) is 4.90 Å². The molecule has 1 saturated heterocycles. The van der Waals surface area contributed by atoms with Gasteiger partial charge < -0.3 is 10.2 Å². The van der Waals surface area contributed by atoms with Crippen LogP contribution >= 0.6 is 0 Å². The van der Waals surface area contributed by atoms with Gasteiger partial charge in [0, 0.05) is 29.9 Å². The van der Waals surface area contributed by atoms with Crippen molar-refractivity contribution >= 4 is 17.5 Å². The molecule has 1 heterocycles. The number of amides is 2. The number of nitrogens with zero attached hydrogens (tertiary/aromatic N) is 1. The number of hydrogen-bond donors (Lipinski definition) is 1. The van der Waals surface area contributed by atoms with Gasteiger partial charge in [-0.05, 0) is 55.3 Å². The third-order valence-corrected chi connectivity index (χ3v) is 3.87. The summed E-state index contributed by atoms with van der Waals surface area (Å²) in [7, 11) is 0. The highest BCUT2D eigenvalue weighted by Crippen LogP contribution is 2.17. The largest absolute Gasteiger partial charge is 0.339 e. The van der Waals surface area contributed by atoms with E-state index in [9.17, 15) is 14.0 Å². The number of halogens is 1. The zero-order chi connectivity index (χ0) is 16.2. The van der Waals surface area contributed by atoms with E-state index in [0.717, 1.165) is 25.9 Å². The summed E-state index contributed by atoms with van der Waals surface area (Å²) in [5.41, 5.74) is 1.47. The zero-order valence-electron chi connectivity index (χ0n) is 12.6. The summed E-state index contributed by atoms with van der Waals surface area (Å²) < 4.78 is 12.9. The van der Waals surface area contributed by atoms with E-state index in [-0.39, 0.29) is 17.6 Å². The van der Waals surface area contributed by atoms with Gasteiger partial charge >= 0.3 is 0 Å². The van der Waals surface area contributed by atoms with Crippen LogP contribution in [0.2, 0.25) is 0 Å². The molecule has 0 radical (unpaired) electrons. The molecule has 1 aliphatic heterocycles. The molecule has 3 rings (SSSR count). The van der Waals surface area contributed by atoms with Crippen LogP contribution in [0.4, 0.5) is 10.1 Å². The van der Waals surface area contributed by atoms with E-state index >= 15 is 0 Å². The maximum absolute atomic E-state index is 12.9. The van der Waals surface area contributed by atoms with Crippen molar-refractivity contribution in [2.75, 3.05) is 18.4 Å². The molecule has 2 aromatic carbocycles. The van der Waals surface area contributed by atoms with Crippen LogP contribution < -0.4 is 5.32 Å². The molecule has 0 bridgehead atoms. The monoisotopic (exact) mass is 312 g/mol. The van der Waals surface area contributed by atoms with Gasteiger partial charge in [0.05, 0.1) is 0 Å². The Balaban J connectivity index is 1.73. The van der Waals surface area contributed by atoms with Gasteiger partial charge in [0.1, 0.15) is 5.82 Å². The van der Waals surface area contributed by atoms with E-state index in [1.54, 1.807) is 24.3 Å². The predicted molar refractivity (Wildman–Crippen MR) is 85.9 cm³/mol. The highest BCUT2D eigenvalue weighted by Gasteiger charge is 2.19. The van der Waals surface area contributed by atoms with Crippen molar-refractivity contribution in [1.29, 1.82) is 0 Å². The fourth-order valence-corrected chi connectivity index (χ4v) is 2.64. The van der Waals surface area contributed by atoms with Gasteiger partial charge in [-0.3, -0.25) is 9.59 Å². The SMILES string of the molecule is O=C(Nc1cccc(C(=O)N2CCCC2)c1)c1ccc(F)cc1. The summed E-state index contributed by atoms with van der Waals surface area (Å²) >= 11 is 0. The van der Waals surface area contributed by atoms with Crippen LogP contribution in [0.3, 0.4) is 0 Å². The molecule has 118 valence electrons. The van der Waals surface area contributed by atoms with Crippen LogP contribution in [0.1, 0.15) is 33.6 Å². The lowest BCUT2D eigenvalue weighted by atomic mass is 10.1. The van der Waals surface area contributed by atoms with Crippen molar-refractivity contribution < 1.29 is 14.0 Å². The molecule has 2 amide bonds. The summed E-state index contributed by atoms with van der Waals surface area (Å²) in [6.45, 7) is 1.57. The molecule has 4 nitrogen and oxygen atoms in total. The lowest BCUT2D eigenvalue weighted by molar-refractivity contribution is 0.0792. The molecule has 1 N–H and O–H groups in total. The number of anilines is 1. The van der Waals surface area contributed by atoms with Gasteiger partial charge in [0.2, 0.25) is 0 Å². The Hall–Kier alpha value is -2.69. The maximum Gasteiger partial charge on any atom is 0.255 e. The first-order valence-electron chi connectivity index (χ1n) is 7.60. The van der Waals surface area contributed by atoms with Gasteiger partial charge in [-0.25, -0.2) is 4.39 Å². The maximum atomic E-state index is 12.9. The second-order valence-electron chi connectivity index (χ2n) is 5.54. The average Bonchev–Trinajstić information content (AvgIpc) is 3.09. The average molecular weight is 312 g/mol. The number of rotatable bonds is 3. The zero-order valence-corrected chi connectivity index (χ0v) is 12.6. The Morgan fingerprint density at radius 3 is 2.35 bits per heavy atom. The minimum atomic E-state index is -0.389. The van der Waals surface area contributed by atoms with Gasteiger partial charge in [0.25, 0.3) is 11.8 Å². The molecule has 1 aliphatic rings. The van der Waals surface area contributed by atoms with Gasteiger partial charge in [-0.1, -0.05) is 6.07 Å². The van der Waals surface area contributed by atoms with E-state index in [1.165, 1.54) is 24.3 Å². The van der Waals surface area contributed by atoms with E-state index in [2.05, 4.69) is 5.32 Å². The third-order valence-electron chi connectivity index (χ3n) is 3.87. The fraction of sp³-hybridized carbons (Fsp3) is 0.222. The smallest absolute Gasteiger partial charge is 0.255 e. The summed E-state index contributed by atoms with van der Waals surface area (Å²) in [6, 6.07) is 12.2. The third kappa shape index (κ3) is 3.56. The second-order valence-corrected chi connectivity index (χ2v) is 5.54. The van der Waals surface area contributed by atoms with Crippen LogP contribution in [-0.2, 0) is 0 Å². The van der Waals surface area contributed by atoms with Crippen LogP contribution in [-0.4, -0.2) is 29.8 Å². The number of carbonyl (C=O) groups excluding carboxylic acids is 2. The standard InChI is InChI=1S/C18H17FN2O2/c19-15-8-6-13(7-9-15)17(22)20-16-5-3-4-14(12-16)18(23)21-10-1-2-11-21/h3-9,12H,1-2,10-11H2,(H,20,22). The van der Waals surface area contributed by atoms with Crippen LogP contribution in [0, 0.1) is 5.82 Å². The molecule has 0 saturated carbocycles. The first-order valence-corrected chi connectivity index (χ1v) is 7.60. The Labute approximate surface area is 133 Å². The highest BCUT2D eigenvalue weighted by molar-refractivity contribution is 6.05. The summed E-state index contributed by atoms with van der Waals surface area (Å²) in [6.07, 6.45) is 2.07. The number of hydrogen-bond acceptors (Lipinski definition) is 2. The quantitative estimate of drug-likeness (QED) is 0.945. The molecule has 5 heteroatoms. The Morgan fingerprint density at radius 1 is 0.957 bits per heavy atom. The fourth-order valence-electron chi connectivity index (χ4n) is 2.64. The lowest BCUT2D eigenvalue weighted by Gasteiger charge is -2.15. The molecule has 23 heavy (non-hydrogen) atoms. The number of benzene rings is 2. The van der Waals surface area contributed by atoms with Crippen molar-refractivity contribution in [3.8, 4) is 0 Å². The molecule has 2 aromatic rings. The van der Waals surface area contributed by atoms with Crippen molar-refractivity contribution in [1.82, 2.24) is 4.90 Å². The number of nitrogens with one attached hydrogen (secondary N) is 1. The van der Waals surface area contributed by atoms with E-state index in [0.29, 0.717) is 16.8 Å². The molecule has 0 atom stereocenters. The van der Waals surface area contributed by atoms with Crippen LogP contribution in [0.25, 0.3) is 0 Å². The van der Waals surface area contributed by atoms with E-state index in [4.69, 9.17) is 0 Å². The topological polar surface area (TPSA) is 49.4 Å².